The first-order chi connectivity index (χ1) is 17.8. The van der Waals surface area contributed by atoms with Crippen LogP contribution in [0.3, 0.4) is 0 Å². The standard InChI is InChI=1S/C28H22FN3O3S2/c1-16-12-13-17(2)20(14-16)24(33)22-23(18-8-4-3-5-9-18)32(26(35)25(22)34)27-30-31-28(37-27)36-15-19-10-6-7-11-21(19)29/h3-14,23,33H,15H2,1-2H3. The average Bonchev–Trinajstić information content (AvgIpc) is 3.47. The van der Waals surface area contributed by atoms with Crippen molar-refractivity contribution in [3.8, 4) is 0 Å². The molecule has 1 unspecified atom stereocenters. The number of ketones is 1. The van der Waals surface area contributed by atoms with Gasteiger partial charge in [-0.05, 0) is 42.7 Å². The van der Waals surface area contributed by atoms with E-state index in [-0.39, 0.29) is 22.3 Å². The molecule has 1 N–H and O–H groups in total. The largest absolute Gasteiger partial charge is 0.507 e. The van der Waals surface area contributed by atoms with E-state index in [1.165, 1.54) is 22.7 Å². The van der Waals surface area contributed by atoms with Crippen LogP contribution < -0.4 is 4.90 Å². The van der Waals surface area contributed by atoms with Crippen LogP contribution in [0.5, 0.6) is 0 Å². The molecule has 186 valence electrons. The Morgan fingerprint density at radius 3 is 2.51 bits per heavy atom. The maximum Gasteiger partial charge on any atom is 0.301 e. The molecule has 37 heavy (non-hydrogen) atoms. The number of amides is 1. The highest BCUT2D eigenvalue weighted by Crippen LogP contribution is 2.44. The van der Waals surface area contributed by atoms with Gasteiger partial charge in [0.25, 0.3) is 5.78 Å². The van der Waals surface area contributed by atoms with Gasteiger partial charge in [0.05, 0.1) is 11.6 Å². The Kier molecular flexibility index (Phi) is 6.90. The third-order valence-electron chi connectivity index (χ3n) is 6.12. The number of aryl methyl sites for hydroxylation is 2. The number of aliphatic hydroxyl groups excluding tert-OH is 1. The number of halogens is 1. The van der Waals surface area contributed by atoms with E-state index in [2.05, 4.69) is 10.2 Å². The van der Waals surface area contributed by atoms with E-state index in [0.29, 0.717) is 26.8 Å². The molecule has 9 heteroatoms. The van der Waals surface area contributed by atoms with Gasteiger partial charge in [0.15, 0.2) is 4.34 Å². The van der Waals surface area contributed by atoms with Gasteiger partial charge in [0.2, 0.25) is 5.13 Å². The van der Waals surface area contributed by atoms with Crippen molar-refractivity contribution in [2.75, 3.05) is 4.90 Å². The summed E-state index contributed by atoms with van der Waals surface area (Å²) in [6, 6.07) is 20.2. The van der Waals surface area contributed by atoms with Crippen molar-refractivity contribution in [3.05, 3.63) is 112 Å². The predicted molar refractivity (Wildman–Crippen MR) is 143 cm³/mol. The van der Waals surface area contributed by atoms with Gasteiger partial charge in [-0.15, -0.1) is 10.2 Å². The Morgan fingerprint density at radius 1 is 1.03 bits per heavy atom. The molecule has 1 aliphatic rings. The molecule has 0 saturated carbocycles. The zero-order valence-corrected chi connectivity index (χ0v) is 21.6. The fourth-order valence-corrected chi connectivity index (χ4v) is 6.08. The van der Waals surface area contributed by atoms with E-state index < -0.39 is 17.7 Å². The number of nitrogens with zero attached hydrogens (tertiary/aromatic N) is 3. The average molecular weight is 532 g/mol. The van der Waals surface area contributed by atoms with E-state index in [1.807, 2.05) is 44.2 Å². The van der Waals surface area contributed by atoms with Crippen LogP contribution in [0.1, 0.15) is 33.9 Å². The first kappa shape index (κ1) is 24.9. The summed E-state index contributed by atoms with van der Waals surface area (Å²) in [5.41, 5.74) is 3.38. The predicted octanol–water partition coefficient (Wildman–Crippen LogP) is 6.21. The van der Waals surface area contributed by atoms with Crippen molar-refractivity contribution in [1.82, 2.24) is 10.2 Å². The number of thioether (sulfide) groups is 1. The minimum atomic E-state index is -0.876. The van der Waals surface area contributed by atoms with Crippen molar-refractivity contribution in [2.24, 2.45) is 0 Å². The lowest BCUT2D eigenvalue weighted by molar-refractivity contribution is -0.132. The number of hydrogen-bond donors (Lipinski definition) is 1. The summed E-state index contributed by atoms with van der Waals surface area (Å²) in [5.74, 6) is -1.77. The number of carbonyl (C=O) groups is 2. The van der Waals surface area contributed by atoms with Crippen molar-refractivity contribution in [1.29, 1.82) is 0 Å². The van der Waals surface area contributed by atoms with Gasteiger partial charge >= 0.3 is 5.91 Å². The third kappa shape index (κ3) is 4.80. The highest BCUT2D eigenvalue weighted by Gasteiger charge is 2.48. The van der Waals surface area contributed by atoms with Gasteiger partial charge in [-0.3, -0.25) is 14.5 Å². The highest BCUT2D eigenvalue weighted by molar-refractivity contribution is 8.00. The van der Waals surface area contributed by atoms with E-state index in [1.54, 1.807) is 36.4 Å². The van der Waals surface area contributed by atoms with E-state index in [9.17, 15) is 19.1 Å². The van der Waals surface area contributed by atoms with Crippen LogP contribution in [0.15, 0.2) is 82.7 Å². The molecule has 6 nitrogen and oxygen atoms in total. The second-order valence-electron chi connectivity index (χ2n) is 8.63. The molecule has 4 aromatic rings. The summed E-state index contributed by atoms with van der Waals surface area (Å²) in [6.07, 6.45) is 0. The van der Waals surface area contributed by atoms with Crippen molar-refractivity contribution >= 4 is 45.7 Å². The van der Waals surface area contributed by atoms with Gasteiger partial charge in [0, 0.05) is 11.3 Å². The monoisotopic (exact) mass is 531 g/mol. The molecule has 3 aromatic carbocycles. The normalized spacial score (nSPS) is 16.9. The highest BCUT2D eigenvalue weighted by atomic mass is 32.2. The molecular weight excluding hydrogens is 509 g/mol. The molecule has 1 amide bonds. The van der Waals surface area contributed by atoms with Gasteiger partial charge < -0.3 is 5.11 Å². The summed E-state index contributed by atoms with van der Waals surface area (Å²) in [5, 5.41) is 20.0. The molecule has 5 rings (SSSR count). The minimum absolute atomic E-state index is 0.000611. The Hall–Kier alpha value is -3.82. The fraction of sp³-hybridized carbons (Fsp3) is 0.143. The van der Waals surface area contributed by atoms with Gasteiger partial charge in [-0.25, -0.2) is 4.39 Å². The van der Waals surface area contributed by atoms with Gasteiger partial charge in [-0.1, -0.05) is 89.3 Å². The number of carbonyl (C=O) groups excluding carboxylic acids is 2. The first-order valence-electron chi connectivity index (χ1n) is 11.5. The summed E-state index contributed by atoms with van der Waals surface area (Å²) >= 11 is 2.44. The van der Waals surface area contributed by atoms with Crippen LogP contribution in [-0.2, 0) is 15.3 Å². The zero-order chi connectivity index (χ0) is 26.1. The summed E-state index contributed by atoms with van der Waals surface area (Å²) in [7, 11) is 0. The number of aromatic nitrogens is 2. The van der Waals surface area contributed by atoms with Crippen LogP contribution in [0.2, 0.25) is 0 Å². The lowest BCUT2D eigenvalue weighted by Crippen LogP contribution is -2.29. The number of aliphatic hydroxyl groups is 1. The summed E-state index contributed by atoms with van der Waals surface area (Å²) < 4.78 is 14.6. The lowest BCUT2D eigenvalue weighted by atomic mass is 9.93. The van der Waals surface area contributed by atoms with Crippen molar-refractivity contribution in [2.45, 2.75) is 30.0 Å². The molecule has 1 aromatic heterocycles. The Bertz CT molecular complexity index is 1530. The minimum Gasteiger partial charge on any atom is -0.507 e. The maximum absolute atomic E-state index is 14.0. The van der Waals surface area contributed by atoms with E-state index >= 15 is 0 Å². The van der Waals surface area contributed by atoms with Crippen LogP contribution in [0.4, 0.5) is 9.52 Å². The number of Topliss-reactive ketones (excluding diaryl/α,β-unsaturated/α-hetero) is 1. The number of benzene rings is 3. The van der Waals surface area contributed by atoms with E-state index in [0.717, 1.165) is 22.5 Å². The summed E-state index contributed by atoms with van der Waals surface area (Å²) in [6.45, 7) is 3.73. The third-order valence-corrected chi connectivity index (χ3v) is 8.22. The molecule has 0 radical (unpaired) electrons. The first-order valence-corrected chi connectivity index (χ1v) is 13.3. The van der Waals surface area contributed by atoms with Crippen LogP contribution in [0, 0.1) is 19.7 Å². The Balaban J connectivity index is 1.56. The number of anilines is 1. The zero-order valence-electron chi connectivity index (χ0n) is 20.0. The molecule has 1 saturated heterocycles. The lowest BCUT2D eigenvalue weighted by Gasteiger charge is -2.22. The molecule has 0 aliphatic carbocycles. The summed E-state index contributed by atoms with van der Waals surface area (Å²) in [4.78, 5) is 28.0. The van der Waals surface area contributed by atoms with Crippen LogP contribution in [-0.4, -0.2) is 27.0 Å². The number of hydrogen-bond acceptors (Lipinski definition) is 7. The molecule has 0 bridgehead atoms. The van der Waals surface area contributed by atoms with Gasteiger partial charge in [0.1, 0.15) is 11.6 Å². The van der Waals surface area contributed by atoms with Crippen molar-refractivity contribution < 1.29 is 19.1 Å². The second kappa shape index (κ2) is 10.3. The molecule has 0 spiro atoms. The Labute approximate surface area is 221 Å². The molecule has 1 aliphatic heterocycles. The molecule has 1 atom stereocenters. The number of rotatable bonds is 6. The second-order valence-corrected chi connectivity index (χ2v) is 10.8. The SMILES string of the molecule is Cc1ccc(C)c(C(O)=C2C(=O)C(=O)N(c3nnc(SCc4ccccc4F)s3)C2c2ccccc2)c1. The van der Waals surface area contributed by atoms with Crippen LogP contribution >= 0.6 is 23.1 Å². The van der Waals surface area contributed by atoms with Crippen molar-refractivity contribution in [3.63, 3.8) is 0 Å². The molecule has 1 fully saturated rings. The molecule has 2 heterocycles. The Morgan fingerprint density at radius 2 is 1.76 bits per heavy atom. The van der Waals surface area contributed by atoms with Crippen LogP contribution in [0.25, 0.3) is 5.76 Å². The molecular formula is C28H22FN3O3S2. The smallest absolute Gasteiger partial charge is 0.301 e. The van der Waals surface area contributed by atoms with E-state index in [4.69, 9.17) is 0 Å². The fourth-order valence-electron chi connectivity index (χ4n) is 4.23. The topological polar surface area (TPSA) is 83.4 Å². The quantitative estimate of drug-likeness (QED) is 0.105. The van der Waals surface area contributed by atoms with Gasteiger partial charge in [-0.2, -0.15) is 0 Å². The maximum atomic E-state index is 14.0.